The maximum absolute atomic E-state index is 12.4. The van der Waals surface area contributed by atoms with Crippen molar-refractivity contribution in [1.82, 2.24) is 15.3 Å². The second-order valence-corrected chi connectivity index (χ2v) is 8.81. The molecule has 1 aromatic heterocycles. The maximum atomic E-state index is 12.4. The lowest BCUT2D eigenvalue weighted by Crippen LogP contribution is -2.46. The van der Waals surface area contributed by atoms with Crippen LogP contribution in [0.4, 0.5) is 0 Å². The Morgan fingerprint density at radius 1 is 1.22 bits per heavy atom. The molecule has 146 valence electrons. The molecule has 5 heteroatoms. The Balaban J connectivity index is 1.54. The van der Waals surface area contributed by atoms with Gasteiger partial charge in [-0.25, -0.2) is 4.98 Å². The van der Waals surface area contributed by atoms with Gasteiger partial charge < -0.3 is 10.3 Å². The van der Waals surface area contributed by atoms with Gasteiger partial charge in [-0.15, -0.1) is 0 Å². The van der Waals surface area contributed by atoms with Gasteiger partial charge in [0.15, 0.2) is 0 Å². The van der Waals surface area contributed by atoms with Crippen molar-refractivity contribution in [1.29, 1.82) is 0 Å². The molecule has 1 aliphatic rings. The Bertz CT molecular complexity index is 850. The average molecular weight is 370 g/mol. The molecular formula is C22H31N3O2. The van der Waals surface area contributed by atoms with Crippen LogP contribution in [0.5, 0.6) is 0 Å². The molecule has 5 nitrogen and oxygen atoms in total. The fourth-order valence-corrected chi connectivity index (χ4v) is 4.29. The van der Waals surface area contributed by atoms with Gasteiger partial charge in [-0.1, -0.05) is 45.7 Å². The highest BCUT2D eigenvalue weighted by Gasteiger charge is 2.34. The standard InChI is InChI=1S/C22H31N3O2/c1-22(2,3)16-10-5-7-12-18(16)24-20(26)14-8-13-19-23-17-11-6-4-9-15(17)21(27)25-19/h4,6,9,11,16,18H,5,7-8,10,12-14H2,1-3H3,(H,24,26)(H,23,25,27). The molecule has 0 saturated heterocycles. The molecule has 2 N–H and O–H groups in total. The van der Waals surface area contributed by atoms with Crippen molar-refractivity contribution in [2.24, 2.45) is 11.3 Å². The fourth-order valence-electron chi connectivity index (χ4n) is 4.29. The summed E-state index contributed by atoms with van der Waals surface area (Å²) >= 11 is 0. The molecule has 0 radical (unpaired) electrons. The molecular weight excluding hydrogens is 338 g/mol. The zero-order chi connectivity index (χ0) is 19.4. The van der Waals surface area contributed by atoms with Crippen LogP contribution in [-0.4, -0.2) is 21.9 Å². The van der Waals surface area contributed by atoms with Crippen molar-refractivity contribution in [2.75, 3.05) is 0 Å². The summed E-state index contributed by atoms with van der Waals surface area (Å²) in [4.78, 5) is 31.9. The molecule has 0 spiro atoms. The first-order valence-corrected chi connectivity index (χ1v) is 10.1. The fraction of sp³-hybridized carbons (Fsp3) is 0.591. The van der Waals surface area contributed by atoms with Crippen LogP contribution in [0.2, 0.25) is 0 Å². The highest BCUT2D eigenvalue weighted by Crippen LogP contribution is 2.38. The van der Waals surface area contributed by atoms with E-state index in [-0.39, 0.29) is 22.9 Å². The highest BCUT2D eigenvalue weighted by molar-refractivity contribution is 5.77. The summed E-state index contributed by atoms with van der Waals surface area (Å²) in [6.07, 6.45) is 6.46. The van der Waals surface area contributed by atoms with Gasteiger partial charge in [-0.3, -0.25) is 9.59 Å². The van der Waals surface area contributed by atoms with Gasteiger partial charge in [0.05, 0.1) is 10.9 Å². The quantitative estimate of drug-likeness (QED) is 0.837. The third-order valence-electron chi connectivity index (χ3n) is 5.70. The third kappa shape index (κ3) is 4.96. The number of hydrogen-bond acceptors (Lipinski definition) is 3. The molecule has 2 aromatic rings. The van der Waals surface area contributed by atoms with Crippen molar-refractivity contribution in [2.45, 2.75) is 71.8 Å². The molecule has 27 heavy (non-hydrogen) atoms. The number of nitrogens with zero attached hydrogens (tertiary/aromatic N) is 1. The Morgan fingerprint density at radius 3 is 2.74 bits per heavy atom. The van der Waals surface area contributed by atoms with Gasteiger partial charge in [0.2, 0.25) is 5.91 Å². The van der Waals surface area contributed by atoms with Crippen LogP contribution in [0, 0.1) is 11.3 Å². The van der Waals surface area contributed by atoms with Crippen LogP contribution in [0.25, 0.3) is 10.9 Å². The lowest BCUT2D eigenvalue weighted by molar-refractivity contribution is -0.122. The molecule has 0 bridgehead atoms. The summed E-state index contributed by atoms with van der Waals surface area (Å²) < 4.78 is 0. The van der Waals surface area contributed by atoms with Crippen molar-refractivity contribution in [3.8, 4) is 0 Å². The van der Waals surface area contributed by atoms with Gasteiger partial charge in [0.1, 0.15) is 5.82 Å². The van der Waals surface area contributed by atoms with Crippen LogP contribution in [0.3, 0.4) is 0 Å². The zero-order valence-corrected chi connectivity index (χ0v) is 16.7. The van der Waals surface area contributed by atoms with E-state index in [4.69, 9.17) is 0 Å². The summed E-state index contributed by atoms with van der Waals surface area (Å²) in [7, 11) is 0. The first-order valence-electron chi connectivity index (χ1n) is 10.1. The van der Waals surface area contributed by atoms with Crippen LogP contribution in [0.15, 0.2) is 29.1 Å². The van der Waals surface area contributed by atoms with Crippen molar-refractivity contribution in [3.05, 3.63) is 40.4 Å². The smallest absolute Gasteiger partial charge is 0.258 e. The number of H-pyrrole nitrogens is 1. The minimum Gasteiger partial charge on any atom is -0.353 e. The van der Waals surface area contributed by atoms with E-state index in [9.17, 15) is 9.59 Å². The number of benzene rings is 1. The van der Waals surface area contributed by atoms with E-state index in [0.717, 1.165) is 6.42 Å². The Hall–Kier alpha value is -2.17. The number of para-hydroxylation sites is 1. The second-order valence-electron chi connectivity index (χ2n) is 8.81. The number of aromatic amines is 1. The molecule has 1 fully saturated rings. The van der Waals surface area contributed by atoms with Gasteiger partial charge in [0.25, 0.3) is 5.56 Å². The van der Waals surface area contributed by atoms with Gasteiger partial charge >= 0.3 is 0 Å². The number of hydrogen-bond donors (Lipinski definition) is 2. The molecule has 3 rings (SSSR count). The van der Waals surface area contributed by atoms with Crippen LogP contribution < -0.4 is 10.9 Å². The predicted octanol–water partition coefficient (Wildman–Crippen LogP) is 3.97. The van der Waals surface area contributed by atoms with Gasteiger partial charge in [-0.05, 0) is 42.7 Å². The number of carbonyl (C=O) groups excluding carboxylic acids is 1. The van der Waals surface area contributed by atoms with Crippen molar-refractivity contribution in [3.63, 3.8) is 0 Å². The van der Waals surface area contributed by atoms with E-state index < -0.39 is 0 Å². The summed E-state index contributed by atoms with van der Waals surface area (Å²) in [5.41, 5.74) is 0.804. The van der Waals surface area contributed by atoms with E-state index in [1.54, 1.807) is 6.07 Å². The number of amides is 1. The molecule has 1 heterocycles. The molecule has 1 aromatic carbocycles. The van der Waals surface area contributed by atoms with Crippen LogP contribution in [0.1, 0.15) is 65.1 Å². The molecule has 1 saturated carbocycles. The van der Waals surface area contributed by atoms with E-state index in [1.807, 2.05) is 18.2 Å². The molecule has 0 aliphatic heterocycles. The number of rotatable bonds is 5. The second kappa shape index (κ2) is 8.24. The number of carbonyl (C=O) groups is 1. The lowest BCUT2D eigenvalue weighted by atomic mass is 9.69. The number of aromatic nitrogens is 2. The van der Waals surface area contributed by atoms with Crippen molar-refractivity contribution < 1.29 is 4.79 Å². The predicted molar refractivity (Wildman–Crippen MR) is 109 cm³/mol. The van der Waals surface area contributed by atoms with E-state index in [1.165, 1.54) is 19.3 Å². The monoisotopic (exact) mass is 369 g/mol. The molecule has 1 amide bonds. The van der Waals surface area contributed by atoms with Crippen molar-refractivity contribution >= 4 is 16.8 Å². The van der Waals surface area contributed by atoms with E-state index in [2.05, 4.69) is 36.1 Å². The normalized spacial score (nSPS) is 20.6. The largest absolute Gasteiger partial charge is 0.353 e. The van der Waals surface area contributed by atoms with Crippen LogP contribution in [-0.2, 0) is 11.2 Å². The lowest BCUT2D eigenvalue weighted by Gasteiger charge is -2.40. The van der Waals surface area contributed by atoms with E-state index in [0.29, 0.717) is 41.9 Å². The maximum Gasteiger partial charge on any atom is 0.258 e. The first-order chi connectivity index (χ1) is 12.8. The third-order valence-corrected chi connectivity index (χ3v) is 5.70. The topological polar surface area (TPSA) is 74.8 Å². The summed E-state index contributed by atoms with van der Waals surface area (Å²) in [5.74, 6) is 1.30. The van der Waals surface area contributed by atoms with Gasteiger partial charge in [-0.2, -0.15) is 0 Å². The molecule has 2 atom stereocenters. The summed E-state index contributed by atoms with van der Waals surface area (Å²) in [5, 5.41) is 3.87. The Morgan fingerprint density at radius 2 is 1.96 bits per heavy atom. The van der Waals surface area contributed by atoms with Gasteiger partial charge in [0, 0.05) is 18.9 Å². The Labute approximate surface area is 161 Å². The SMILES string of the molecule is CC(C)(C)C1CCCCC1NC(=O)CCCc1nc2ccccc2c(=O)[nH]1. The molecule has 2 unspecified atom stereocenters. The highest BCUT2D eigenvalue weighted by atomic mass is 16.1. The summed E-state index contributed by atoms with van der Waals surface area (Å²) in [6, 6.07) is 7.61. The van der Waals surface area contributed by atoms with E-state index >= 15 is 0 Å². The van der Waals surface area contributed by atoms with Crippen LogP contribution >= 0.6 is 0 Å². The minimum atomic E-state index is -0.115. The zero-order valence-electron chi connectivity index (χ0n) is 16.7. The number of nitrogens with one attached hydrogen (secondary N) is 2. The molecule has 1 aliphatic carbocycles. The minimum absolute atomic E-state index is 0.110. The summed E-state index contributed by atoms with van der Waals surface area (Å²) in [6.45, 7) is 6.80. The first kappa shape index (κ1) is 19.6. The number of fused-ring (bicyclic) bond motifs is 1. The average Bonchev–Trinajstić information content (AvgIpc) is 2.61. The Kier molecular flexibility index (Phi) is 5.98. The number of aryl methyl sites for hydroxylation is 1.